The van der Waals surface area contributed by atoms with E-state index in [9.17, 15) is 0 Å². The molecule has 2 rings (SSSR count). The quantitative estimate of drug-likeness (QED) is 0.767. The van der Waals surface area contributed by atoms with E-state index in [2.05, 4.69) is 25.2 Å². The summed E-state index contributed by atoms with van der Waals surface area (Å²) in [6.45, 7) is 5.71. The van der Waals surface area contributed by atoms with Crippen molar-refractivity contribution in [3.8, 4) is 0 Å². The molecule has 0 saturated heterocycles. The van der Waals surface area contributed by atoms with Crippen LogP contribution in [0.1, 0.15) is 56.9 Å². The number of furan rings is 1. The van der Waals surface area contributed by atoms with E-state index in [1.807, 2.05) is 6.26 Å². The number of aryl methyl sites for hydroxylation is 1. The lowest BCUT2D eigenvalue weighted by Gasteiger charge is -2.23. The summed E-state index contributed by atoms with van der Waals surface area (Å²) in [5.74, 6) is 2.02. The Labute approximate surface area is 98.4 Å². The molecule has 0 spiro atoms. The Balaban J connectivity index is 1.79. The van der Waals surface area contributed by atoms with Crippen LogP contribution in [0.25, 0.3) is 0 Å². The molecule has 1 aliphatic rings. The molecule has 1 heterocycles. The van der Waals surface area contributed by atoms with Crippen LogP contribution in [-0.4, -0.2) is 6.54 Å². The van der Waals surface area contributed by atoms with E-state index in [0.717, 1.165) is 18.9 Å². The molecule has 1 aromatic heterocycles. The number of hydrogen-bond acceptors (Lipinski definition) is 2. The number of rotatable bonds is 5. The van der Waals surface area contributed by atoms with E-state index >= 15 is 0 Å². The average molecular weight is 221 g/mol. The Bertz CT molecular complexity index is 316. The highest BCUT2D eigenvalue weighted by Crippen LogP contribution is 2.30. The van der Waals surface area contributed by atoms with Gasteiger partial charge in [0.25, 0.3) is 0 Å². The Morgan fingerprint density at radius 2 is 2.38 bits per heavy atom. The molecule has 1 aliphatic carbocycles. The molecule has 2 nitrogen and oxygen atoms in total. The fourth-order valence-electron chi connectivity index (χ4n) is 2.49. The Hall–Kier alpha value is -0.760. The van der Waals surface area contributed by atoms with E-state index in [1.165, 1.54) is 37.0 Å². The molecule has 0 radical (unpaired) electrons. The van der Waals surface area contributed by atoms with Gasteiger partial charge in [0.05, 0.1) is 6.26 Å². The molecular weight excluding hydrogens is 198 g/mol. The van der Waals surface area contributed by atoms with Crippen molar-refractivity contribution in [1.82, 2.24) is 5.32 Å². The van der Waals surface area contributed by atoms with Crippen LogP contribution in [0.3, 0.4) is 0 Å². The zero-order chi connectivity index (χ0) is 11.4. The summed E-state index contributed by atoms with van der Waals surface area (Å²) >= 11 is 0. The second kappa shape index (κ2) is 5.53. The summed E-state index contributed by atoms with van der Waals surface area (Å²) in [6.07, 6.45) is 8.06. The van der Waals surface area contributed by atoms with Gasteiger partial charge in [0.15, 0.2) is 0 Å². The normalized spacial score (nSPS) is 20.1. The first kappa shape index (κ1) is 11.7. The van der Waals surface area contributed by atoms with Gasteiger partial charge < -0.3 is 9.73 Å². The van der Waals surface area contributed by atoms with Crippen LogP contribution in [-0.2, 0) is 6.42 Å². The molecule has 0 saturated carbocycles. The largest absolute Gasteiger partial charge is 0.469 e. The smallest absolute Gasteiger partial charge is 0.108 e. The average Bonchev–Trinajstić information content (AvgIpc) is 2.72. The molecule has 1 unspecified atom stereocenters. The lowest BCUT2D eigenvalue weighted by molar-refractivity contribution is 0.403. The molecule has 1 atom stereocenters. The van der Waals surface area contributed by atoms with Gasteiger partial charge in [-0.15, -0.1) is 0 Å². The standard InChI is InChI=1S/C14H23NO/c1-11(2)5-4-9-15-13-6-3-7-14-12(13)8-10-16-14/h8,10-11,13,15H,3-7,9H2,1-2H3. The summed E-state index contributed by atoms with van der Waals surface area (Å²) in [5.41, 5.74) is 1.40. The number of fused-ring (bicyclic) bond motifs is 1. The van der Waals surface area contributed by atoms with Crippen LogP contribution in [0.4, 0.5) is 0 Å². The summed E-state index contributed by atoms with van der Waals surface area (Å²) in [6, 6.07) is 2.67. The minimum absolute atomic E-state index is 0.537. The maximum absolute atomic E-state index is 5.49. The molecule has 1 N–H and O–H groups in total. The zero-order valence-electron chi connectivity index (χ0n) is 10.5. The summed E-state index contributed by atoms with van der Waals surface area (Å²) in [4.78, 5) is 0. The summed E-state index contributed by atoms with van der Waals surface area (Å²) in [5, 5.41) is 3.66. The van der Waals surface area contributed by atoms with Crippen molar-refractivity contribution in [3.05, 3.63) is 23.7 Å². The maximum atomic E-state index is 5.49. The topological polar surface area (TPSA) is 25.2 Å². The van der Waals surface area contributed by atoms with Crippen molar-refractivity contribution in [2.75, 3.05) is 6.54 Å². The van der Waals surface area contributed by atoms with Crippen LogP contribution in [0.2, 0.25) is 0 Å². The van der Waals surface area contributed by atoms with Gasteiger partial charge in [0.2, 0.25) is 0 Å². The highest BCUT2D eigenvalue weighted by molar-refractivity contribution is 5.23. The highest BCUT2D eigenvalue weighted by Gasteiger charge is 2.21. The van der Waals surface area contributed by atoms with Gasteiger partial charge >= 0.3 is 0 Å². The lowest BCUT2D eigenvalue weighted by atomic mass is 9.93. The SMILES string of the molecule is CC(C)CCCNC1CCCc2occc21. The predicted molar refractivity (Wildman–Crippen MR) is 66.5 cm³/mol. The predicted octanol–water partition coefficient (Wildman–Crippen LogP) is 3.68. The highest BCUT2D eigenvalue weighted by atomic mass is 16.3. The molecule has 0 aliphatic heterocycles. The minimum Gasteiger partial charge on any atom is -0.469 e. The van der Waals surface area contributed by atoms with E-state index in [4.69, 9.17) is 4.42 Å². The van der Waals surface area contributed by atoms with Gasteiger partial charge in [-0.3, -0.25) is 0 Å². The summed E-state index contributed by atoms with van der Waals surface area (Å²) < 4.78 is 5.49. The molecule has 16 heavy (non-hydrogen) atoms. The molecule has 0 aromatic carbocycles. The second-order valence-electron chi connectivity index (χ2n) is 5.23. The van der Waals surface area contributed by atoms with Crippen LogP contribution < -0.4 is 5.32 Å². The monoisotopic (exact) mass is 221 g/mol. The number of hydrogen-bond donors (Lipinski definition) is 1. The molecule has 2 heteroatoms. The first-order valence-electron chi connectivity index (χ1n) is 6.57. The van der Waals surface area contributed by atoms with Crippen LogP contribution in [0, 0.1) is 5.92 Å². The van der Waals surface area contributed by atoms with Gasteiger partial charge in [-0.05, 0) is 44.2 Å². The van der Waals surface area contributed by atoms with Gasteiger partial charge in [0.1, 0.15) is 5.76 Å². The fourth-order valence-corrected chi connectivity index (χ4v) is 2.49. The van der Waals surface area contributed by atoms with Crippen LogP contribution in [0.15, 0.2) is 16.7 Å². The molecule has 0 amide bonds. The van der Waals surface area contributed by atoms with E-state index < -0.39 is 0 Å². The number of nitrogens with one attached hydrogen (secondary N) is 1. The molecule has 0 fully saturated rings. The zero-order valence-corrected chi connectivity index (χ0v) is 10.5. The molecule has 1 aromatic rings. The van der Waals surface area contributed by atoms with Gasteiger partial charge in [0, 0.05) is 18.0 Å². The first-order chi connectivity index (χ1) is 7.77. The van der Waals surface area contributed by atoms with Crippen molar-refractivity contribution in [1.29, 1.82) is 0 Å². The van der Waals surface area contributed by atoms with E-state index in [-0.39, 0.29) is 0 Å². The molecular formula is C14H23NO. The van der Waals surface area contributed by atoms with Crippen molar-refractivity contribution in [2.45, 2.75) is 52.0 Å². The fraction of sp³-hybridized carbons (Fsp3) is 0.714. The third-order valence-corrected chi connectivity index (χ3v) is 3.40. The van der Waals surface area contributed by atoms with Crippen molar-refractivity contribution in [3.63, 3.8) is 0 Å². The van der Waals surface area contributed by atoms with Gasteiger partial charge in [-0.25, -0.2) is 0 Å². The van der Waals surface area contributed by atoms with Crippen molar-refractivity contribution < 1.29 is 4.42 Å². The molecule has 90 valence electrons. The van der Waals surface area contributed by atoms with Crippen LogP contribution >= 0.6 is 0 Å². The van der Waals surface area contributed by atoms with Crippen molar-refractivity contribution >= 4 is 0 Å². The Morgan fingerprint density at radius 3 is 3.19 bits per heavy atom. The lowest BCUT2D eigenvalue weighted by Crippen LogP contribution is -2.25. The van der Waals surface area contributed by atoms with E-state index in [0.29, 0.717) is 6.04 Å². The van der Waals surface area contributed by atoms with Gasteiger partial charge in [-0.2, -0.15) is 0 Å². The third-order valence-electron chi connectivity index (χ3n) is 3.40. The van der Waals surface area contributed by atoms with Crippen LogP contribution in [0.5, 0.6) is 0 Å². The second-order valence-corrected chi connectivity index (χ2v) is 5.23. The van der Waals surface area contributed by atoms with Gasteiger partial charge in [-0.1, -0.05) is 13.8 Å². The minimum atomic E-state index is 0.537. The first-order valence-corrected chi connectivity index (χ1v) is 6.57. The molecule has 0 bridgehead atoms. The Kier molecular flexibility index (Phi) is 4.05. The maximum Gasteiger partial charge on any atom is 0.108 e. The van der Waals surface area contributed by atoms with E-state index in [1.54, 1.807) is 0 Å². The summed E-state index contributed by atoms with van der Waals surface area (Å²) in [7, 11) is 0. The Morgan fingerprint density at radius 1 is 1.50 bits per heavy atom. The van der Waals surface area contributed by atoms with Crippen molar-refractivity contribution in [2.24, 2.45) is 5.92 Å². The third kappa shape index (κ3) is 2.88.